The minimum Gasteiger partial charge on any atom is -0.393 e. The number of amides is 1. The number of hydrogen-bond donors (Lipinski definition) is 2. The van der Waals surface area contributed by atoms with Gasteiger partial charge in [-0.3, -0.25) is 4.79 Å². The van der Waals surface area contributed by atoms with Gasteiger partial charge in [-0.2, -0.15) is 0 Å². The van der Waals surface area contributed by atoms with Crippen molar-refractivity contribution in [3.63, 3.8) is 0 Å². The van der Waals surface area contributed by atoms with Gasteiger partial charge in [-0.15, -0.1) is 0 Å². The summed E-state index contributed by atoms with van der Waals surface area (Å²) < 4.78 is 27.7. The largest absolute Gasteiger partial charge is 0.393 e. The van der Waals surface area contributed by atoms with E-state index in [1.54, 1.807) is 12.1 Å². The van der Waals surface area contributed by atoms with Gasteiger partial charge in [0.25, 0.3) is 5.91 Å². The molecule has 1 aliphatic heterocycles. The number of carbonyl (C=O) groups excluding carboxylic acids is 1. The van der Waals surface area contributed by atoms with E-state index in [-0.39, 0.29) is 17.2 Å². The number of para-hydroxylation sites is 2. The number of aliphatic hydroxyl groups is 1. The maximum atomic E-state index is 14.0. The molecule has 0 saturated carbocycles. The molecule has 2 N–H and O–H groups in total. The van der Waals surface area contributed by atoms with Crippen molar-refractivity contribution in [2.24, 2.45) is 0 Å². The summed E-state index contributed by atoms with van der Waals surface area (Å²) >= 11 is 0. The van der Waals surface area contributed by atoms with Crippen molar-refractivity contribution in [2.75, 3.05) is 23.3 Å². The van der Waals surface area contributed by atoms with Gasteiger partial charge in [-0.05, 0) is 49.6 Å². The first-order valence-corrected chi connectivity index (χ1v) is 8.24. The second-order valence-electron chi connectivity index (χ2n) is 6.27. The number of piperidine rings is 1. The van der Waals surface area contributed by atoms with Crippen LogP contribution in [0.15, 0.2) is 36.4 Å². The number of benzene rings is 2. The van der Waals surface area contributed by atoms with Crippen LogP contribution in [0.5, 0.6) is 0 Å². The van der Waals surface area contributed by atoms with E-state index in [9.17, 15) is 18.7 Å². The highest BCUT2D eigenvalue weighted by Crippen LogP contribution is 2.29. The van der Waals surface area contributed by atoms with Gasteiger partial charge in [0.05, 0.1) is 23.0 Å². The summed E-state index contributed by atoms with van der Waals surface area (Å²) in [7, 11) is 0. The fourth-order valence-corrected chi connectivity index (χ4v) is 2.97. The van der Waals surface area contributed by atoms with Crippen LogP contribution in [0.3, 0.4) is 0 Å². The Morgan fingerprint density at radius 3 is 2.56 bits per heavy atom. The number of carbonyl (C=O) groups is 1. The van der Waals surface area contributed by atoms with Crippen LogP contribution in [0.25, 0.3) is 0 Å². The third kappa shape index (κ3) is 3.79. The van der Waals surface area contributed by atoms with Gasteiger partial charge in [-0.25, -0.2) is 8.78 Å². The zero-order valence-corrected chi connectivity index (χ0v) is 13.9. The second-order valence-corrected chi connectivity index (χ2v) is 6.27. The number of hydrogen-bond acceptors (Lipinski definition) is 3. The third-order valence-corrected chi connectivity index (χ3v) is 4.45. The summed E-state index contributed by atoms with van der Waals surface area (Å²) in [6, 6.07) is 9.13. The molecule has 2 aromatic carbocycles. The molecular weight excluding hydrogens is 326 g/mol. The fourth-order valence-electron chi connectivity index (χ4n) is 2.97. The maximum Gasteiger partial charge on any atom is 0.258 e. The molecule has 0 spiro atoms. The van der Waals surface area contributed by atoms with Crippen LogP contribution in [0.4, 0.5) is 20.2 Å². The van der Waals surface area contributed by atoms with Gasteiger partial charge in [0, 0.05) is 13.1 Å². The van der Waals surface area contributed by atoms with E-state index in [1.165, 1.54) is 6.92 Å². The van der Waals surface area contributed by atoms with Crippen molar-refractivity contribution in [3.8, 4) is 0 Å². The van der Waals surface area contributed by atoms with Gasteiger partial charge in [0.2, 0.25) is 0 Å². The Labute approximate surface area is 145 Å². The molecule has 2 aromatic rings. The van der Waals surface area contributed by atoms with Crippen LogP contribution in [0.2, 0.25) is 0 Å². The minimum atomic E-state index is -0.755. The summed E-state index contributed by atoms with van der Waals surface area (Å²) in [4.78, 5) is 14.5. The lowest BCUT2D eigenvalue weighted by atomic mass is 10.1. The number of rotatable bonds is 3. The normalized spacial score (nSPS) is 15.3. The molecule has 1 aliphatic rings. The standard InChI is InChI=1S/C19H20F2N2O2/c1-12-10-16(21)14(11-15(12)20)19(25)22-17-4-2-3-5-18(17)23-8-6-13(24)7-9-23/h2-5,10-11,13,24H,6-9H2,1H3,(H,22,25). The molecule has 1 amide bonds. The quantitative estimate of drug-likeness (QED) is 0.895. The number of aliphatic hydroxyl groups excluding tert-OH is 1. The Morgan fingerprint density at radius 2 is 1.84 bits per heavy atom. The average Bonchev–Trinajstić information content (AvgIpc) is 2.59. The lowest BCUT2D eigenvalue weighted by molar-refractivity contribution is 0.102. The zero-order chi connectivity index (χ0) is 18.0. The van der Waals surface area contributed by atoms with Crippen molar-refractivity contribution >= 4 is 17.3 Å². The molecule has 0 radical (unpaired) electrons. The molecule has 1 fully saturated rings. The zero-order valence-electron chi connectivity index (χ0n) is 13.9. The van der Waals surface area contributed by atoms with E-state index in [1.807, 2.05) is 12.1 Å². The Kier molecular flexibility index (Phi) is 4.99. The Morgan fingerprint density at radius 1 is 1.16 bits per heavy atom. The molecule has 0 aromatic heterocycles. The predicted octanol–water partition coefficient (Wildman–Crippen LogP) is 3.49. The average molecular weight is 346 g/mol. The second kappa shape index (κ2) is 7.19. The maximum absolute atomic E-state index is 14.0. The first-order valence-electron chi connectivity index (χ1n) is 8.24. The Bertz CT molecular complexity index is 787. The van der Waals surface area contributed by atoms with E-state index in [2.05, 4.69) is 10.2 Å². The van der Waals surface area contributed by atoms with Crippen LogP contribution in [-0.2, 0) is 0 Å². The summed E-state index contributed by atoms with van der Waals surface area (Å²) in [6.07, 6.45) is 1.00. The monoisotopic (exact) mass is 346 g/mol. The van der Waals surface area contributed by atoms with Crippen LogP contribution >= 0.6 is 0 Å². The Balaban J connectivity index is 1.84. The minimum absolute atomic E-state index is 0.154. The molecule has 1 heterocycles. The van der Waals surface area contributed by atoms with Gasteiger partial charge in [-0.1, -0.05) is 12.1 Å². The number of nitrogens with one attached hydrogen (secondary N) is 1. The van der Waals surface area contributed by atoms with E-state index >= 15 is 0 Å². The molecule has 6 heteroatoms. The highest BCUT2D eigenvalue weighted by atomic mass is 19.1. The first-order chi connectivity index (χ1) is 12.0. The summed E-state index contributed by atoms with van der Waals surface area (Å²) in [5.41, 5.74) is 1.16. The number of aryl methyl sites for hydroxylation is 1. The molecular formula is C19H20F2N2O2. The SMILES string of the molecule is Cc1cc(F)c(C(=O)Nc2ccccc2N2CCC(O)CC2)cc1F. The molecule has 25 heavy (non-hydrogen) atoms. The summed E-state index contributed by atoms with van der Waals surface area (Å²) in [6.45, 7) is 2.78. The van der Waals surface area contributed by atoms with Crippen molar-refractivity contribution in [1.29, 1.82) is 0 Å². The highest BCUT2D eigenvalue weighted by Gasteiger charge is 2.21. The molecule has 132 valence electrons. The van der Waals surface area contributed by atoms with Gasteiger partial charge >= 0.3 is 0 Å². The summed E-state index contributed by atoms with van der Waals surface area (Å²) in [5, 5.41) is 12.3. The summed E-state index contributed by atoms with van der Waals surface area (Å²) in [5.74, 6) is -2.07. The van der Waals surface area contributed by atoms with Crippen molar-refractivity contribution in [1.82, 2.24) is 0 Å². The van der Waals surface area contributed by atoms with Crippen LogP contribution in [-0.4, -0.2) is 30.2 Å². The first kappa shape index (κ1) is 17.4. The van der Waals surface area contributed by atoms with Crippen molar-refractivity contribution < 1.29 is 18.7 Å². The topological polar surface area (TPSA) is 52.6 Å². The van der Waals surface area contributed by atoms with Gasteiger partial charge in [0.1, 0.15) is 11.6 Å². The van der Waals surface area contributed by atoms with Gasteiger partial charge < -0.3 is 15.3 Å². The van der Waals surface area contributed by atoms with E-state index < -0.39 is 17.5 Å². The fraction of sp³-hybridized carbons (Fsp3) is 0.316. The van der Waals surface area contributed by atoms with E-state index in [4.69, 9.17) is 0 Å². The number of nitrogens with zero attached hydrogens (tertiary/aromatic N) is 1. The molecule has 0 bridgehead atoms. The van der Waals surface area contributed by atoms with Crippen LogP contribution < -0.4 is 10.2 Å². The molecule has 0 aliphatic carbocycles. The molecule has 1 saturated heterocycles. The molecule has 4 nitrogen and oxygen atoms in total. The van der Waals surface area contributed by atoms with Crippen molar-refractivity contribution in [3.05, 3.63) is 59.2 Å². The van der Waals surface area contributed by atoms with E-state index in [0.717, 1.165) is 17.8 Å². The molecule has 0 atom stereocenters. The lowest BCUT2D eigenvalue weighted by Crippen LogP contribution is -2.36. The Hall–Kier alpha value is -2.47. The third-order valence-electron chi connectivity index (χ3n) is 4.45. The van der Waals surface area contributed by atoms with Crippen LogP contribution in [0.1, 0.15) is 28.8 Å². The highest BCUT2D eigenvalue weighted by molar-refractivity contribution is 6.06. The van der Waals surface area contributed by atoms with Gasteiger partial charge in [0.15, 0.2) is 0 Å². The number of halogens is 2. The van der Waals surface area contributed by atoms with Crippen LogP contribution in [0, 0.1) is 18.6 Å². The molecule has 3 rings (SSSR count). The lowest BCUT2D eigenvalue weighted by Gasteiger charge is -2.32. The smallest absolute Gasteiger partial charge is 0.258 e. The number of anilines is 2. The molecule has 0 unspecified atom stereocenters. The predicted molar refractivity (Wildman–Crippen MR) is 92.9 cm³/mol. The van der Waals surface area contributed by atoms with E-state index in [0.29, 0.717) is 31.6 Å². The van der Waals surface area contributed by atoms with Crippen molar-refractivity contribution in [2.45, 2.75) is 25.9 Å².